The van der Waals surface area contributed by atoms with Crippen LogP contribution in [0.15, 0.2) is 72.0 Å². The van der Waals surface area contributed by atoms with Crippen molar-refractivity contribution in [3.05, 3.63) is 83.7 Å². The summed E-state index contributed by atoms with van der Waals surface area (Å²) in [6.45, 7) is -0.267. The number of rotatable bonds is 7. The quantitative estimate of drug-likeness (QED) is 0.286. The van der Waals surface area contributed by atoms with Crippen LogP contribution in [0, 0.1) is 0 Å². The molecule has 2 amide bonds. The van der Waals surface area contributed by atoms with Gasteiger partial charge in [0.15, 0.2) is 0 Å². The van der Waals surface area contributed by atoms with Crippen molar-refractivity contribution in [1.82, 2.24) is 9.99 Å². The van der Waals surface area contributed by atoms with Gasteiger partial charge in [0.25, 0.3) is 0 Å². The highest BCUT2D eigenvalue weighted by atomic mass is 19.4. The van der Waals surface area contributed by atoms with Gasteiger partial charge in [-0.2, -0.15) is 35.8 Å². The van der Waals surface area contributed by atoms with E-state index in [4.69, 9.17) is 0 Å². The van der Waals surface area contributed by atoms with Crippen LogP contribution >= 0.6 is 0 Å². The van der Waals surface area contributed by atoms with Crippen LogP contribution in [0.25, 0.3) is 0 Å². The van der Waals surface area contributed by atoms with Crippen LogP contribution < -0.4 is 14.8 Å². The van der Waals surface area contributed by atoms with Gasteiger partial charge in [-0.05, 0) is 66.2 Å². The first-order chi connectivity index (χ1) is 19.5. The number of nitrogens with one attached hydrogen (secondary N) is 1. The molecule has 0 spiro atoms. The minimum absolute atomic E-state index is 0.0452. The summed E-state index contributed by atoms with van der Waals surface area (Å²) in [7, 11) is 0. The maximum Gasteiger partial charge on any atom is 0.573 e. The van der Waals surface area contributed by atoms with Gasteiger partial charge >= 0.3 is 31.1 Å². The van der Waals surface area contributed by atoms with Gasteiger partial charge in [-0.25, -0.2) is 9.80 Å². The van der Waals surface area contributed by atoms with Crippen molar-refractivity contribution in [2.45, 2.75) is 31.0 Å². The summed E-state index contributed by atoms with van der Waals surface area (Å²) < 4.78 is 135. The molecule has 1 aliphatic rings. The number of urea groups is 1. The van der Waals surface area contributed by atoms with Gasteiger partial charge in [0.1, 0.15) is 11.5 Å². The monoisotopic (exact) mass is 610 g/mol. The highest BCUT2D eigenvalue weighted by Gasteiger charge is 2.44. The number of alkyl halides is 10. The Morgan fingerprint density at radius 1 is 0.857 bits per heavy atom. The first-order valence-electron chi connectivity index (χ1n) is 11.5. The summed E-state index contributed by atoms with van der Waals surface area (Å²) in [5.41, 5.74) is -0.729. The Bertz CT molecular complexity index is 1430. The van der Waals surface area contributed by atoms with E-state index in [0.717, 1.165) is 65.7 Å². The molecule has 0 radical (unpaired) electrons. The Labute approximate surface area is 229 Å². The third-order valence-corrected chi connectivity index (χ3v) is 5.62. The first-order valence-corrected chi connectivity index (χ1v) is 11.5. The van der Waals surface area contributed by atoms with Crippen molar-refractivity contribution in [1.29, 1.82) is 0 Å². The van der Waals surface area contributed by atoms with Crippen LogP contribution in [0.5, 0.6) is 11.5 Å². The molecule has 1 unspecified atom stereocenters. The van der Waals surface area contributed by atoms with E-state index < -0.39 is 54.1 Å². The zero-order valence-corrected chi connectivity index (χ0v) is 20.6. The molecular weight excluding hydrogens is 594 g/mol. The first kappa shape index (κ1) is 30.4. The maximum absolute atomic E-state index is 13.3. The fourth-order valence-corrected chi connectivity index (χ4v) is 3.72. The van der Waals surface area contributed by atoms with Gasteiger partial charge in [-0.3, -0.25) is 4.98 Å². The van der Waals surface area contributed by atoms with Gasteiger partial charge in [-0.15, -0.1) is 13.2 Å². The van der Waals surface area contributed by atoms with Crippen LogP contribution in [0.1, 0.15) is 22.7 Å². The van der Waals surface area contributed by atoms with Crippen molar-refractivity contribution in [3.63, 3.8) is 0 Å². The largest absolute Gasteiger partial charge is 0.573 e. The molecule has 17 heteroatoms. The molecule has 0 aliphatic carbocycles. The standard InChI is InChI=1S/C25H16F10N4O3/c26-21(27)24(31,32)41-16-6-1-13(2-7-16)20-18(19-10-3-14(11-36-19)23(28,29)30)12-39(38-20)22(40)37-15-4-8-17(9-5-15)42-25(33,34)35/h1-11,18,21H,12H2,(H,37,40). The Morgan fingerprint density at radius 3 is 1.98 bits per heavy atom. The smallest absolute Gasteiger partial charge is 0.428 e. The number of nitrogens with zero attached hydrogens (tertiary/aromatic N) is 3. The molecular formula is C25H16F10N4O3. The van der Waals surface area contributed by atoms with Crippen molar-refractivity contribution in [2.75, 3.05) is 11.9 Å². The van der Waals surface area contributed by atoms with Gasteiger partial charge in [-0.1, -0.05) is 0 Å². The number of hydrazone groups is 1. The highest BCUT2D eigenvalue weighted by molar-refractivity contribution is 6.07. The van der Waals surface area contributed by atoms with E-state index in [1.807, 2.05) is 0 Å². The number of amides is 2. The summed E-state index contributed by atoms with van der Waals surface area (Å²) in [5, 5.41) is 7.44. The SMILES string of the molecule is O=C(Nc1ccc(OC(F)(F)F)cc1)N1CC(c2ccc(C(F)(F)F)cn2)C(c2ccc(OC(F)(F)C(F)F)cc2)=N1. The highest BCUT2D eigenvalue weighted by Crippen LogP contribution is 2.34. The van der Waals surface area contributed by atoms with Crippen molar-refractivity contribution >= 4 is 17.4 Å². The van der Waals surface area contributed by atoms with Crippen LogP contribution in [0.3, 0.4) is 0 Å². The summed E-state index contributed by atoms with van der Waals surface area (Å²) >= 11 is 0. The van der Waals surface area contributed by atoms with E-state index in [1.165, 1.54) is 0 Å². The van der Waals surface area contributed by atoms with E-state index in [2.05, 4.69) is 24.9 Å². The number of halogens is 10. The second kappa shape index (κ2) is 11.4. The number of ether oxygens (including phenoxy) is 2. The van der Waals surface area contributed by atoms with Crippen LogP contribution in [0.4, 0.5) is 54.4 Å². The Hall–Kier alpha value is -4.57. The molecule has 1 atom stereocenters. The van der Waals surface area contributed by atoms with Gasteiger partial charge in [0.2, 0.25) is 0 Å². The topological polar surface area (TPSA) is 76.0 Å². The fourth-order valence-electron chi connectivity index (χ4n) is 3.72. The van der Waals surface area contributed by atoms with E-state index >= 15 is 0 Å². The molecule has 42 heavy (non-hydrogen) atoms. The third-order valence-electron chi connectivity index (χ3n) is 5.62. The molecule has 0 bridgehead atoms. The molecule has 1 N–H and O–H groups in total. The number of benzene rings is 2. The number of anilines is 1. The zero-order chi connectivity index (χ0) is 30.9. The van der Waals surface area contributed by atoms with Gasteiger partial charge in [0, 0.05) is 11.9 Å². The molecule has 0 fully saturated rings. The van der Waals surface area contributed by atoms with Crippen LogP contribution in [0.2, 0.25) is 0 Å². The normalized spacial score (nSPS) is 15.9. The van der Waals surface area contributed by atoms with E-state index in [0.29, 0.717) is 6.20 Å². The second-order valence-electron chi connectivity index (χ2n) is 8.58. The van der Waals surface area contributed by atoms with E-state index in [9.17, 15) is 48.7 Å². The average Bonchev–Trinajstić information content (AvgIpc) is 3.34. The second-order valence-corrected chi connectivity index (χ2v) is 8.58. The lowest BCUT2D eigenvalue weighted by Crippen LogP contribution is -2.33. The molecule has 2 heterocycles. The molecule has 1 aromatic heterocycles. The van der Waals surface area contributed by atoms with Crippen molar-refractivity contribution in [3.8, 4) is 11.5 Å². The number of pyridine rings is 1. The van der Waals surface area contributed by atoms with Crippen molar-refractivity contribution in [2.24, 2.45) is 5.10 Å². The minimum atomic E-state index is -4.93. The van der Waals surface area contributed by atoms with E-state index in [-0.39, 0.29) is 29.2 Å². The summed E-state index contributed by atoms with van der Waals surface area (Å²) in [4.78, 5) is 16.7. The van der Waals surface area contributed by atoms with E-state index in [1.54, 1.807) is 0 Å². The Morgan fingerprint density at radius 2 is 1.45 bits per heavy atom. The lowest BCUT2D eigenvalue weighted by atomic mass is 9.93. The minimum Gasteiger partial charge on any atom is -0.428 e. The fraction of sp³-hybridized carbons (Fsp3) is 0.240. The summed E-state index contributed by atoms with van der Waals surface area (Å²) in [6, 6.07) is 9.23. The number of carbonyl (C=O) groups is 1. The number of hydrogen-bond donors (Lipinski definition) is 1. The molecule has 0 saturated heterocycles. The summed E-state index contributed by atoms with van der Waals surface area (Å²) in [5.74, 6) is -2.11. The van der Waals surface area contributed by atoms with Crippen molar-refractivity contribution < 1.29 is 58.2 Å². The molecule has 4 rings (SSSR count). The molecule has 224 valence electrons. The number of carbonyl (C=O) groups excluding carboxylic acids is 1. The summed E-state index contributed by atoms with van der Waals surface area (Å²) in [6.07, 6.45) is -17.9. The maximum atomic E-state index is 13.3. The molecule has 2 aromatic carbocycles. The zero-order valence-electron chi connectivity index (χ0n) is 20.6. The number of aromatic nitrogens is 1. The van der Waals surface area contributed by atoms with Crippen LogP contribution in [-0.4, -0.2) is 47.2 Å². The predicted molar refractivity (Wildman–Crippen MR) is 125 cm³/mol. The third kappa shape index (κ3) is 7.38. The van der Waals surface area contributed by atoms with Crippen LogP contribution in [-0.2, 0) is 6.18 Å². The number of hydrogen-bond acceptors (Lipinski definition) is 5. The lowest BCUT2D eigenvalue weighted by Gasteiger charge is -2.17. The molecule has 0 saturated carbocycles. The molecule has 7 nitrogen and oxygen atoms in total. The lowest BCUT2D eigenvalue weighted by molar-refractivity contribution is -0.274. The van der Waals surface area contributed by atoms with Gasteiger partial charge < -0.3 is 14.8 Å². The van der Waals surface area contributed by atoms with Gasteiger partial charge in [0.05, 0.1) is 29.4 Å². The Balaban J connectivity index is 1.59. The Kier molecular flexibility index (Phi) is 8.22. The molecule has 1 aliphatic heterocycles. The molecule has 3 aromatic rings. The predicted octanol–water partition coefficient (Wildman–Crippen LogP) is 7.27. The average molecular weight is 610 g/mol.